The molecule has 2 heteroatoms. The van der Waals surface area contributed by atoms with Gasteiger partial charge in [0.2, 0.25) is 0 Å². The van der Waals surface area contributed by atoms with E-state index in [0.29, 0.717) is 5.75 Å². The Kier molecular flexibility index (Phi) is 4.45. The minimum Gasteiger partial charge on any atom is -0.174 e. The Balaban J connectivity index is 3.17. The summed E-state index contributed by atoms with van der Waals surface area (Å²) in [5.41, 5.74) is 0. The molecule has 0 aliphatic carbocycles. The molecule has 0 bridgehead atoms. The highest BCUT2D eigenvalue weighted by molar-refractivity contribution is 7.86. The summed E-state index contributed by atoms with van der Waals surface area (Å²) in [4.78, 5) is 0.957. The van der Waals surface area contributed by atoms with Gasteiger partial charge in [0.1, 0.15) is 0 Å². The van der Waals surface area contributed by atoms with Gasteiger partial charge in [0.05, 0.1) is 0 Å². The van der Waals surface area contributed by atoms with Crippen LogP contribution in [0.2, 0.25) is 0 Å². The molecule has 40 valence electrons. The van der Waals surface area contributed by atoms with E-state index < -0.39 is 0 Å². The number of rotatable bonds is 3. The first-order valence-corrected chi connectivity index (χ1v) is 3.08. The van der Waals surface area contributed by atoms with E-state index >= 15 is 0 Å². The molecular formula is C5H8S2. The van der Waals surface area contributed by atoms with Crippen molar-refractivity contribution in [2.75, 3.05) is 5.75 Å². The van der Waals surface area contributed by atoms with Crippen molar-refractivity contribution in [1.29, 1.82) is 0 Å². The lowest BCUT2D eigenvalue weighted by atomic mass is 10.3. The first-order chi connectivity index (χ1) is 3.31. The van der Waals surface area contributed by atoms with E-state index in [4.69, 9.17) is 12.2 Å². The van der Waals surface area contributed by atoms with Crippen LogP contribution < -0.4 is 0 Å². The maximum atomic E-state index is 4.81. The van der Waals surface area contributed by atoms with Gasteiger partial charge in [-0.15, -0.1) is 6.58 Å². The van der Waals surface area contributed by atoms with Gasteiger partial charge < -0.3 is 0 Å². The third-order valence-corrected chi connectivity index (χ3v) is 1.46. The zero-order valence-corrected chi connectivity index (χ0v) is 5.77. The lowest BCUT2D eigenvalue weighted by molar-refractivity contribution is 1.52. The second kappa shape index (κ2) is 4.34. The van der Waals surface area contributed by atoms with Crippen molar-refractivity contribution in [3.8, 4) is 0 Å². The number of hydrogen-bond donors (Lipinski definition) is 1. The highest BCUT2D eigenvalue weighted by atomic mass is 32.1. The first-order valence-electron chi connectivity index (χ1n) is 2.04. The van der Waals surface area contributed by atoms with E-state index in [1.807, 2.05) is 0 Å². The predicted octanol–water partition coefficient (Wildman–Crippen LogP) is 1.86. The smallest absolute Gasteiger partial charge is 0.0221 e. The molecule has 0 atom stereocenters. The SMILES string of the molecule is C=CCC(=S)CS. The van der Waals surface area contributed by atoms with Crippen LogP contribution >= 0.6 is 24.8 Å². The first kappa shape index (κ1) is 7.18. The standard InChI is InChI=1S/C5H8S2/c1-2-3-5(7)4-6/h2,6H,1,3-4H2. The zero-order chi connectivity index (χ0) is 5.70. The van der Waals surface area contributed by atoms with E-state index in [9.17, 15) is 0 Å². The van der Waals surface area contributed by atoms with Crippen molar-refractivity contribution >= 4 is 29.7 Å². The van der Waals surface area contributed by atoms with Crippen molar-refractivity contribution in [3.05, 3.63) is 12.7 Å². The Labute approximate surface area is 55.0 Å². The summed E-state index contributed by atoms with van der Waals surface area (Å²) in [6, 6.07) is 0. The zero-order valence-electron chi connectivity index (χ0n) is 4.05. The van der Waals surface area contributed by atoms with Crippen molar-refractivity contribution in [2.45, 2.75) is 6.42 Å². The van der Waals surface area contributed by atoms with Gasteiger partial charge in [-0.05, 0) is 6.42 Å². The summed E-state index contributed by atoms with van der Waals surface area (Å²) in [6.07, 6.45) is 2.61. The molecule has 0 spiro atoms. The van der Waals surface area contributed by atoms with E-state index in [0.717, 1.165) is 11.3 Å². The molecule has 0 aliphatic heterocycles. The number of thiol groups is 1. The molecule has 7 heavy (non-hydrogen) atoms. The average molecular weight is 132 g/mol. The summed E-state index contributed by atoms with van der Waals surface area (Å²) < 4.78 is 0. The van der Waals surface area contributed by atoms with Crippen molar-refractivity contribution in [1.82, 2.24) is 0 Å². The molecule has 0 saturated carbocycles. The summed E-state index contributed by atoms with van der Waals surface area (Å²) >= 11 is 8.77. The average Bonchev–Trinajstić information content (AvgIpc) is 1.68. The van der Waals surface area contributed by atoms with Crippen LogP contribution in [0.1, 0.15) is 6.42 Å². The molecule has 0 aromatic heterocycles. The molecule has 0 nitrogen and oxygen atoms in total. The number of hydrogen-bond acceptors (Lipinski definition) is 2. The van der Waals surface area contributed by atoms with Crippen LogP contribution in [0, 0.1) is 0 Å². The number of allylic oxidation sites excluding steroid dienone is 1. The molecule has 0 fully saturated rings. The van der Waals surface area contributed by atoms with Crippen LogP contribution in [-0.2, 0) is 0 Å². The molecule has 0 aromatic rings. The van der Waals surface area contributed by atoms with Gasteiger partial charge in [0, 0.05) is 10.6 Å². The fraction of sp³-hybridized carbons (Fsp3) is 0.400. The van der Waals surface area contributed by atoms with Gasteiger partial charge >= 0.3 is 0 Å². The monoisotopic (exact) mass is 132 g/mol. The predicted molar refractivity (Wildman–Crippen MR) is 41.3 cm³/mol. The minimum absolute atomic E-state index is 0.696. The molecular weight excluding hydrogens is 124 g/mol. The second-order valence-electron chi connectivity index (χ2n) is 1.19. The minimum atomic E-state index is 0.696. The Hall–Kier alpha value is 0.180. The van der Waals surface area contributed by atoms with E-state index in [1.54, 1.807) is 6.08 Å². The normalized spacial score (nSPS) is 8.14. The largest absolute Gasteiger partial charge is 0.174 e. The van der Waals surface area contributed by atoms with Crippen LogP contribution in [0.25, 0.3) is 0 Å². The van der Waals surface area contributed by atoms with Crippen molar-refractivity contribution in [3.63, 3.8) is 0 Å². The van der Waals surface area contributed by atoms with E-state index in [-0.39, 0.29) is 0 Å². The quantitative estimate of drug-likeness (QED) is 0.347. The highest BCUT2D eigenvalue weighted by Crippen LogP contribution is 1.88. The van der Waals surface area contributed by atoms with Crippen LogP contribution in [0.15, 0.2) is 12.7 Å². The summed E-state index contributed by atoms with van der Waals surface area (Å²) in [7, 11) is 0. The molecule has 0 aromatic carbocycles. The van der Waals surface area contributed by atoms with E-state index in [1.165, 1.54) is 0 Å². The van der Waals surface area contributed by atoms with Crippen LogP contribution in [0.3, 0.4) is 0 Å². The van der Waals surface area contributed by atoms with Gasteiger partial charge in [0.25, 0.3) is 0 Å². The second-order valence-corrected chi connectivity index (χ2v) is 2.08. The lowest BCUT2D eigenvalue weighted by Crippen LogP contribution is -1.90. The molecule has 0 amide bonds. The Morgan fingerprint density at radius 2 is 2.43 bits per heavy atom. The van der Waals surface area contributed by atoms with Gasteiger partial charge in [-0.1, -0.05) is 18.3 Å². The highest BCUT2D eigenvalue weighted by Gasteiger charge is 1.84. The molecule has 0 N–H and O–H groups in total. The lowest BCUT2D eigenvalue weighted by Gasteiger charge is -1.87. The molecule has 0 saturated heterocycles. The van der Waals surface area contributed by atoms with Crippen LogP contribution in [0.4, 0.5) is 0 Å². The van der Waals surface area contributed by atoms with Crippen molar-refractivity contribution in [2.24, 2.45) is 0 Å². The molecule has 0 unspecified atom stereocenters. The Bertz CT molecular complexity index is 76.1. The maximum absolute atomic E-state index is 4.81. The fourth-order valence-corrected chi connectivity index (χ4v) is 0.472. The maximum Gasteiger partial charge on any atom is 0.0221 e. The number of thiocarbonyl (C=S) groups is 1. The van der Waals surface area contributed by atoms with E-state index in [2.05, 4.69) is 19.2 Å². The third kappa shape index (κ3) is 4.02. The molecule has 0 heterocycles. The molecule has 0 rings (SSSR count). The Morgan fingerprint density at radius 1 is 1.86 bits per heavy atom. The third-order valence-electron chi connectivity index (χ3n) is 0.548. The molecule has 0 radical (unpaired) electrons. The van der Waals surface area contributed by atoms with Gasteiger partial charge in [-0.2, -0.15) is 12.6 Å². The van der Waals surface area contributed by atoms with Crippen LogP contribution in [0.5, 0.6) is 0 Å². The Morgan fingerprint density at radius 3 is 2.57 bits per heavy atom. The van der Waals surface area contributed by atoms with Crippen molar-refractivity contribution < 1.29 is 0 Å². The molecule has 0 aliphatic rings. The fourth-order valence-electron chi connectivity index (χ4n) is 0.226. The summed E-state index contributed by atoms with van der Waals surface area (Å²) in [5.74, 6) is 0.696. The van der Waals surface area contributed by atoms with Gasteiger partial charge in [-0.25, -0.2) is 0 Å². The summed E-state index contributed by atoms with van der Waals surface area (Å²) in [5, 5.41) is 0. The van der Waals surface area contributed by atoms with Crippen LogP contribution in [-0.4, -0.2) is 10.6 Å². The topological polar surface area (TPSA) is 0 Å². The van der Waals surface area contributed by atoms with Gasteiger partial charge in [-0.3, -0.25) is 0 Å². The summed E-state index contributed by atoms with van der Waals surface area (Å²) in [6.45, 7) is 3.53. The van der Waals surface area contributed by atoms with Gasteiger partial charge in [0.15, 0.2) is 0 Å².